The fourth-order valence-corrected chi connectivity index (χ4v) is 3.05. The first-order chi connectivity index (χ1) is 12.0. The molecule has 7 heteroatoms. The molecule has 0 saturated heterocycles. The van der Waals surface area contributed by atoms with Crippen LogP contribution in [0, 0.1) is 20.2 Å². The standard InChI is InChI=1S/C18H36N2O5/c1-2-3-4-5-6-7-8-9-10-11-12-13-17(20(24)25)14-15-18(21)16-19(22)23/h17-18,21H,2-16H2,1H3. The van der Waals surface area contributed by atoms with E-state index in [0.29, 0.717) is 6.42 Å². The summed E-state index contributed by atoms with van der Waals surface area (Å²) in [6, 6.07) is -0.694. The zero-order valence-corrected chi connectivity index (χ0v) is 15.7. The molecule has 148 valence electrons. The molecule has 0 bridgehead atoms. The third-order valence-electron chi connectivity index (χ3n) is 4.63. The van der Waals surface area contributed by atoms with Crippen LogP contribution in [0.4, 0.5) is 0 Å². The molecule has 0 heterocycles. The second-order valence-corrected chi connectivity index (χ2v) is 7.01. The predicted molar refractivity (Wildman–Crippen MR) is 99.0 cm³/mol. The molecule has 7 nitrogen and oxygen atoms in total. The van der Waals surface area contributed by atoms with Crippen molar-refractivity contribution in [1.29, 1.82) is 0 Å². The van der Waals surface area contributed by atoms with Crippen LogP contribution in [0.25, 0.3) is 0 Å². The molecular weight excluding hydrogens is 324 g/mol. The number of aliphatic hydroxyl groups is 1. The minimum absolute atomic E-state index is 0.116. The second kappa shape index (κ2) is 16.2. The predicted octanol–water partition coefficient (Wildman–Crippen LogP) is 4.75. The van der Waals surface area contributed by atoms with Gasteiger partial charge in [-0.2, -0.15) is 0 Å². The highest BCUT2D eigenvalue weighted by molar-refractivity contribution is 4.62. The summed E-state index contributed by atoms with van der Waals surface area (Å²) in [6.45, 7) is 1.68. The van der Waals surface area contributed by atoms with E-state index in [1.807, 2.05) is 0 Å². The van der Waals surface area contributed by atoms with Gasteiger partial charge in [-0.1, -0.05) is 71.1 Å². The summed E-state index contributed by atoms with van der Waals surface area (Å²) in [5.74, 6) is 0. The summed E-state index contributed by atoms with van der Waals surface area (Å²) in [5.41, 5.74) is 0. The topological polar surface area (TPSA) is 107 Å². The first-order valence-electron chi connectivity index (χ1n) is 9.90. The molecule has 0 amide bonds. The Hall–Kier alpha value is -1.24. The fourth-order valence-electron chi connectivity index (χ4n) is 3.05. The highest BCUT2D eigenvalue weighted by Gasteiger charge is 2.22. The molecule has 0 aromatic heterocycles. The van der Waals surface area contributed by atoms with Crippen molar-refractivity contribution < 1.29 is 15.0 Å². The molecule has 0 aromatic rings. The van der Waals surface area contributed by atoms with Crippen molar-refractivity contribution in [3.05, 3.63) is 20.2 Å². The van der Waals surface area contributed by atoms with Gasteiger partial charge in [0.05, 0.1) is 0 Å². The largest absolute Gasteiger partial charge is 0.386 e. The van der Waals surface area contributed by atoms with Crippen LogP contribution in [0.1, 0.15) is 96.8 Å². The Bertz CT molecular complexity index is 352. The molecule has 2 atom stereocenters. The maximum Gasteiger partial charge on any atom is 0.229 e. The summed E-state index contributed by atoms with van der Waals surface area (Å²) in [5, 5.41) is 30.8. The fraction of sp³-hybridized carbons (Fsp3) is 1.00. The van der Waals surface area contributed by atoms with E-state index in [1.54, 1.807) is 0 Å². The van der Waals surface area contributed by atoms with Gasteiger partial charge in [-0.3, -0.25) is 20.2 Å². The average molecular weight is 360 g/mol. The molecular formula is C18H36N2O5. The lowest BCUT2D eigenvalue weighted by Crippen LogP contribution is -2.25. The lowest BCUT2D eigenvalue weighted by Gasteiger charge is -2.11. The first kappa shape index (κ1) is 23.8. The normalized spacial score (nSPS) is 13.5. The number of nitrogens with zero attached hydrogens (tertiary/aromatic N) is 2. The third kappa shape index (κ3) is 16.0. The van der Waals surface area contributed by atoms with Crippen molar-refractivity contribution in [2.45, 2.75) is 109 Å². The molecule has 0 aliphatic carbocycles. The van der Waals surface area contributed by atoms with Crippen molar-refractivity contribution >= 4 is 0 Å². The minimum atomic E-state index is -1.09. The molecule has 0 rings (SSSR count). The molecule has 25 heavy (non-hydrogen) atoms. The Morgan fingerprint density at radius 2 is 1.24 bits per heavy atom. The molecule has 0 fully saturated rings. The average Bonchev–Trinajstić information content (AvgIpc) is 2.54. The van der Waals surface area contributed by atoms with E-state index in [4.69, 9.17) is 0 Å². The van der Waals surface area contributed by atoms with Crippen LogP contribution in [-0.2, 0) is 0 Å². The van der Waals surface area contributed by atoms with Crippen LogP contribution >= 0.6 is 0 Å². The number of nitro groups is 2. The monoisotopic (exact) mass is 360 g/mol. The highest BCUT2D eigenvalue weighted by atomic mass is 16.6. The zero-order valence-electron chi connectivity index (χ0n) is 15.7. The van der Waals surface area contributed by atoms with Crippen molar-refractivity contribution in [2.24, 2.45) is 0 Å². The van der Waals surface area contributed by atoms with E-state index in [-0.39, 0.29) is 17.8 Å². The van der Waals surface area contributed by atoms with Crippen molar-refractivity contribution in [2.75, 3.05) is 6.54 Å². The van der Waals surface area contributed by atoms with Crippen molar-refractivity contribution in [3.8, 4) is 0 Å². The van der Waals surface area contributed by atoms with Gasteiger partial charge in [0, 0.05) is 22.7 Å². The van der Waals surface area contributed by atoms with Crippen molar-refractivity contribution in [1.82, 2.24) is 0 Å². The molecule has 1 N–H and O–H groups in total. The van der Waals surface area contributed by atoms with Gasteiger partial charge in [0.1, 0.15) is 6.10 Å². The van der Waals surface area contributed by atoms with Crippen LogP contribution in [0.3, 0.4) is 0 Å². The number of hydrogen-bond acceptors (Lipinski definition) is 5. The summed E-state index contributed by atoms with van der Waals surface area (Å²) in [6.07, 6.45) is 13.0. The van der Waals surface area contributed by atoms with Gasteiger partial charge < -0.3 is 5.11 Å². The quantitative estimate of drug-likeness (QED) is 0.216. The Labute approximate surface area is 151 Å². The van der Waals surface area contributed by atoms with Crippen LogP contribution in [0.15, 0.2) is 0 Å². The van der Waals surface area contributed by atoms with Gasteiger partial charge in [-0.05, 0) is 12.8 Å². The second-order valence-electron chi connectivity index (χ2n) is 7.01. The van der Waals surface area contributed by atoms with Gasteiger partial charge in [-0.15, -0.1) is 0 Å². The van der Waals surface area contributed by atoms with Gasteiger partial charge in [0.2, 0.25) is 12.6 Å². The van der Waals surface area contributed by atoms with Gasteiger partial charge in [-0.25, -0.2) is 0 Å². The van der Waals surface area contributed by atoms with Gasteiger partial charge in [0.15, 0.2) is 0 Å². The van der Waals surface area contributed by atoms with E-state index < -0.39 is 23.6 Å². The first-order valence-corrected chi connectivity index (χ1v) is 9.90. The Morgan fingerprint density at radius 1 is 0.760 bits per heavy atom. The summed E-state index contributed by atoms with van der Waals surface area (Å²) >= 11 is 0. The van der Waals surface area contributed by atoms with Gasteiger partial charge >= 0.3 is 0 Å². The Kier molecular flexibility index (Phi) is 15.4. The minimum Gasteiger partial charge on any atom is -0.386 e. The molecule has 0 spiro atoms. The molecule has 0 radical (unpaired) electrons. The molecule has 0 aliphatic heterocycles. The van der Waals surface area contributed by atoms with Crippen LogP contribution in [-0.4, -0.2) is 33.6 Å². The number of rotatable bonds is 18. The zero-order chi connectivity index (χ0) is 18.9. The summed E-state index contributed by atoms with van der Waals surface area (Å²) in [7, 11) is 0. The van der Waals surface area contributed by atoms with E-state index in [9.17, 15) is 25.3 Å². The van der Waals surface area contributed by atoms with E-state index in [0.717, 1.165) is 19.3 Å². The van der Waals surface area contributed by atoms with Crippen LogP contribution in [0.2, 0.25) is 0 Å². The molecule has 0 aliphatic rings. The number of hydrogen-bond donors (Lipinski definition) is 1. The lowest BCUT2D eigenvalue weighted by molar-refractivity contribution is -0.525. The van der Waals surface area contributed by atoms with Crippen molar-refractivity contribution in [3.63, 3.8) is 0 Å². The van der Waals surface area contributed by atoms with E-state index in [2.05, 4.69) is 6.92 Å². The van der Waals surface area contributed by atoms with Crippen LogP contribution in [0.5, 0.6) is 0 Å². The van der Waals surface area contributed by atoms with E-state index in [1.165, 1.54) is 51.4 Å². The van der Waals surface area contributed by atoms with E-state index >= 15 is 0 Å². The molecule has 0 saturated carbocycles. The lowest BCUT2D eigenvalue weighted by atomic mass is 10.0. The number of unbranched alkanes of at least 4 members (excludes halogenated alkanes) is 10. The maximum absolute atomic E-state index is 11.0. The number of aliphatic hydroxyl groups excluding tert-OH is 1. The summed E-state index contributed by atoms with van der Waals surface area (Å²) in [4.78, 5) is 20.4. The third-order valence-corrected chi connectivity index (χ3v) is 4.63. The summed E-state index contributed by atoms with van der Waals surface area (Å²) < 4.78 is 0. The highest BCUT2D eigenvalue weighted by Crippen LogP contribution is 2.15. The molecule has 0 aromatic carbocycles. The maximum atomic E-state index is 11.0. The molecule has 2 unspecified atom stereocenters. The SMILES string of the molecule is CCCCCCCCCCCCCC(CCC(O)C[N+](=O)[O-])[N+](=O)[O-]. The Morgan fingerprint density at radius 3 is 1.68 bits per heavy atom. The van der Waals surface area contributed by atoms with Gasteiger partial charge in [0.25, 0.3) is 0 Å². The Balaban J connectivity index is 3.60. The van der Waals surface area contributed by atoms with Crippen LogP contribution < -0.4 is 0 Å². The smallest absolute Gasteiger partial charge is 0.229 e.